The van der Waals surface area contributed by atoms with Crippen LogP contribution in [0.5, 0.6) is 0 Å². The fourth-order valence-electron chi connectivity index (χ4n) is 1.73. The van der Waals surface area contributed by atoms with E-state index in [4.69, 9.17) is 11.6 Å². The molecular weight excluding hydrogens is 350 g/mol. The fourth-order valence-corrected chi connectivity index (χ4v) is 3.21. The predicted octanol–water partition coefficient (Wildman–Crippen LogP) is 2.96. The van der Waals surface area contributed by atoms with Crippen LogP contribution in [-0.4, -0.2) is 18.3 Å². The molecule has 2 aromatic rings. The lowest BCUT2D eigenvalue weighted by Crippen LogP contribution is -2.15. The molecule has 0 aliphatic heterocycles. The Labute approximate surface area is 134 Å². The Hall–Kier alpha value is -2.72. The summed E-state index contributed by atoms with van der Waals surface area (Å²) in [5.74, 6) is 0. The van der Waals surface area contributed by atoms with Gasteiger partial charge in [0.25, 0.3) is 21.4 Å². The summed E-state index contributed by atoms with van der Waals surface area (Å²) in [6.45, 7) is 0. The molecule has 2 aromatic carbocycles. The van der Waals surface area contributed by atoms with Crippen LogP contribution < -0.4 is 4.72 Å². The van der Waals surface area contributed by atoms with Crippen LogP contribution >= 0.6 is 11.6 Å². The number of nitrogens with zero attached hydrogens (tertiary/aromatic N) is 2. The second-order valence-corrected chi connectivity index (χ2v) is 6.31. The molecule has 0 saturated carbocycles. The molecule has 9 nitrogen and oxygen atoms in total. The van der Waals surface area contributed by atoms with Gasteiger partial charge >= 0.3 is 0 Å². The lowest BCUT2D eigenvalue weighted by molar-refractivity contribution is -0.396. The minimum atomic E-state index is -4.35. The van der Waals surface area contributed by atoms with Gasteiger partial charge in [-0.3, -0.25) is 25.0 Å². The molecule has 0 aromatic heterocycles. The van der Waals surface area contributed by atoms with Crippen molar-refractivity contribution in [1.29, 1.82) is 0 Å². The number of non-ortho nitro benzene ring substituents is 1. The van der Waals surface area contributed by atoms with Crippen LogP contribution in [0.25, 0.3) is 0 Å². The van der Waals surface area contributed by atoms with Crippen molar-refractivity contribution in [3.63, 3.8) is 0 Å². The number of hydrogen-bond donors (Lipinski definition) is 1. The number of rotatable bonds is 5. The van der Waals surface area contributed by atoms with Gasteiger partial charge in [-0.2, -0.15) is 0 Å². The zero-order valence-corrected chi connectivity index (χ0v) is 12.7. The minimum Gasteiger partial charge on any atom is -0.278 e. The van der Waals surface area contributed by atoms with Crippen LogP contribution in [0, 0.1) is 20.2 Å². The largest absolute Gasteiger partial charge is 0.296 e. The quantitative estimate of drug-likeness (QED) is 0.646. The Bertz CT molecular complexity index is 899. The smallest absolute Gasteiger partial charge is 0.278 e. The Balaban J connectivity index is 2.53. The summed E-state index contributed by atoms with van der Waals surface area (Å²) in [6.07, 6.45) is 0. The van der Waals surface area contributed by atoms with Crippen molar-refractivity contribution >= 4 is 38.7 Å². The molecule has 11 heteroatoms. The minimum absolute atomic E-state index is 0.0295. The maximum atomic E-state index is 12.3. The normalized spacial score (nSPS) is 11.0. The Morgan fingerprint density at radius 2 is 1.65 bits per heavy atom. The highest BCUT2D eigenvalue weighted by Gasteiger charge is 2.29. The number of nitrogens with one attached hydrogen (secondary N) is 1. The number of anilines is 1. The highest BCUT2D eigenvalue weighted by Crippen LogP contribution is 2.31. The molecule has 120 valence electrons. The molecule has 1 N–H and O–H groups in total. The standard InChI is InChI=1S/C12H8ClN3O6S/c13-9-3-1-2-4-10(9)14-23(21,22)12-6-5-8(15(17)18)7-11(12)16(19)20/h1-7,14H. The summed E-state index contributed by atoms with van der Waals surface area (Å²) in [4.78, 5) is 19.1. The van der Waals surface area contributed by atoms with E-state index in [2.05, 4.69) is 4.72 Å². The highest BCUT2D eigenvalue weighted by molar-refractivity contribution is 7.92. The predicted molar refractivity (Wildman–Crippen MR) is 82.0 cm³/mol. The zero-order valence-electron chi connectivity index (χ0n) is 11.2. The Kier molecular flexibility index (Phi) is 4.48. The molecule has 0 unspecified atom stereocenters. The van der Waals surface area contributed by atoms with Crippen molar-refractivity contribution in [2.45, 2.75) is 4.90 Å². The van der Waals surface area contributed by atoms with E-state index in [1.165, 1.54) is 18.2 Å². The summed E-state index contributed by atoms with van der Waals surface area (Å²) < 4.78 is 26.7. The van der Waals surface area contributed by atoms with Gasteiger partial charge in [0.05, 0.1) is 26.6 Å². The van der Waals surface area contributed by atoms with E-state index in [-0.39, 0.29) is 10.7 Å². The first-order chi connectivity index (χ1) is 10.7. The average Bonchev–Trinajstić information content (AvgIpc) is 2.48. The maximum absolute atomic E-state index is 12.3. The van der Waals surface area contributed by atoms with Crippen molar-refractivity contribution < 1.29 is 18.3 Å². The Morgan fingerprint density at radius 3 is 2.22 bits per heavy atom. The van der Waals surface area contributed by atoms with Gasteiger partial charge in [0.2, 0.25) is 0 Å². The van der Waals surface area contributed by atoms with Crippen LogP contribution in [0.4, 0.5) is 17.1 Å². The van der Waals surface area contributed by atoms with Gasteiger partial charge in [-0.05, 0) is 18.2 Å². The SMILES string of the molecule is O=[N+]([O-])c1ccc(S(=O)(=O)Nc2ccccc2Cl)c([N+](=O)[O-])c1. The topological polar surface area (TPSA) is 132 Å². The maximum Gasteiger partial charge on any atom is 0.296 e. The van der Waals surface area contributed by atoms with E-state index in [0.29, 0.717) is 6.07 Å². The lowest BCUT2D eigenvalue weighted by Gasteiger charge is -2.09. The third-order valence-electron chi connectivity index (χ3n) is 2.76. The monoisotopic (exact) mass is 357 g/mol. The molecule has 0 atom stereocenters. The number of benzene rings is 2. The fraction of sp³-hybridized carbons (Fsp3) is 0. The van der Waals surface area contributed by atoms with E-state index >= 15 is 0 Å². The summed E-state index contributed by atoms with van der Waals surface area (Å²) in [5, 5.41) is 21.8. The summed E-state index contributed by atoms with van der Waals surface area (Å²) >= 11 is 5.84. The first-order valence-corrected chi connectivity index (χ1v) is 7.78. The van der Waals surface area contributed by atoms with Gasteiger partial charge in [-0.15, -0.1) is 0 Å². The van der Waals surface area contributed by atoms with E-state index < -0.39 is 36.1 Å². The van der Waals surface area contributed by atoms with Crippen molar-refractivity contribution in [3.05, 3.63) is 67.7 Å². The van der Waals surface area contributed by atoms with Crippen LogP contribution in [-0.2, 0) is 10.0 Å². The molecule has 0 spiro atoms. The van der Waals surface area contributed by atoms with Crippen molar-refractivity contribution in [1.82, 2.24) is 0 Å². The number of nitro benzene ring substituents is 2. The molecule has 0 heterocycles. The molecule has 0 bridgehead atoms. The second-order valence-electron chi connectivity index (χ2n) is 4.25. The van der Waals surface area contributed by atoms with Gasteiger partial charge < -0.3 is 0 Å². The first kappa shape index (κ1) is 16.6. The lowest BCUT2D eigenvalue weighted by atomic mass is 10.3. The van der Waals surface area contributed by atoms with Crippen molar-refractivity contribution in [2.75, 3.05) is 4.72 Å². The van der Waals surface area contributed by atoms with Crippen LogP contribution in [0.1, 0.15) is 0 Å². The number of para-hydroxylation sites is 1. The van der Waals surface area contributed by atoms with Crippen LogP contribution in [0.15, 0.2) is 47.4 Å². The van der Waals surface area contributed by atoms with E-state index in [1.54, 1.807) is 6.07 Å². The van der Waals surface area contributed by atoms with E-state index in [9.17, 15) is 28.6 Å². The molecule has 0 radical (unpaired) electrons. The molecule has 23 heavy (non-hydrogen) atoms. The number of hydrogen-bond acceptors (Lipinski definition) is 6. The third kappa shape index (κ3) is 3.55. The van der Waals surface area contributed by atoms with Crippen LogP contribution in [0.3, 0.4) is 0 Å². The molecule has 0 saturated heterocycles. The second kappa shape index (κ2) is 6.18. The van der Waals surface area contributed by atoms with Crippen LogP contribution in [0.2, 0.25) is 5.02 Å². The molecular formula is C12H8ClN3O6S. The number of halogens is 1. The van der Waals surface area contributed by atoms with Gasteiger partial charge in [0, 0.05) is 6.07 Å². The van der Waals surface area contributed by atoms with Gasteiger partial charge in [0.15, 0.2) is 4.90 Å². The average molecular weight is 358 g/mol. The molecule has 0 aliphatic rings. The van der Waals surface area contributed by atoms with Crippen molar-refractivity contribution in [2.24, 2.45) is 0 Å². The van der Waals surface area contributed by atoms with Gasteiger partial charge in [-0.25, -0.2) is 8.42 Å². The first-order valence-electron chi connectivity index (χ1n) is 5.92. The number of sulfonamides is 1. The highest BCUT2D eigenvalue weighted by atomic mass is 35.5. The molecule has 0 fully saturated rings. The van der Waals surface area contributed by atoms with E-state index in [1.807, 2.05) is 0 Å². The third-order valence-corrected chi connectivity index (χ3v) is 4.50. The Morgan fingerprint density at radius 1 is 1.00 bits per heavy atom. The van der Waals surface area contributed by atoms with Gasteiger partial charge in [-0.1, -0.05) is 23.7 Å². The summed E-state index contributed by atoms with van der Waals surface area (Å²) in [6, 6.07) is 8.16. The summed E-state index contributed by atoms with van der Waals surface area (Å²) in [7, 11) is -4.35. The number of nitro groups is 2. The molecule has 0 amide bonds. The zero-order chi connectivity index (χ0) is 17.2. The molecule has 2 rings (SSSR count). The van der Waals surface area contributed by atoms with Gasteiger partial charge in [0.1, 0.15) is 0 Å². The summed E-state index contributed by atoms with van der Waals surface area (Å²) in [5.41, 5.74) is -1.46. The molecule has 0 aliphatic carbocycles. The van der Waals surface area contributed by atoms with E-state index in [0.717, 1.165) is 12.1 Å². The van der Waals surface area contributed by atoms with Crippen molar-refractivity contribution in [3.8, 4) is 0 Å².